The van der Waals surface area contributed by atoms with Crippen molar-refractivity contribution in [3.05, 3.63) is 48.0 Å². The first kappa shape index (κ1) is 15.3. The van der Waals surface area contributed by atoms with Gasteiger partial charge in [0.05, 0.1) is 12.7 Å². The van der Waals surface area contributed by atoms with Gasteiger partial charge in [-0.1, -0.05) is 43.2 Å². The second-order valence-corrected chi connectivity index (χ2v) is 5.56. The van der Waals surface area contributed by atoms with Crippen LogP contribution < -0.4 is 5.32 Å². The van der Waals surface area contributed by atoms with Crippen molar-refractivity contribution >= 4 is 0 Å². The van der Waals surface area contributed by atoms with Crippen molar-refractivity contribution in [1.82, 2.24) is 5.32 Å². The Morgan fingerprint density at radius 1 is 1.35 bits per heavy atom. The molecule has 0 fully saturated rings. The Labute approximate surface area is 123 Å². The van der Waals surface area contributed by atoms with E-state index >= 15 is 0 Å². The zero-order valence-corrected chi connectivity index (χ0v) is 12.6. The number of benzene rings is 1. The van der Waals surface area contributed by atoms with Crippen LogP contribution in [0.15, 0.2) is 36.9 Å². The summed E-state index contributed by atoms with van der Waals surface area (Å²) in [5, 5.41) is 3.46. The molecule has 1 heterocycles. The van der Waals surface area contributed by atoms with Crippen LogP contribution in [0.25, 0.3) is 0 Å². The third kappa shape index (κ3) is 3.94. The van der Waals surface area contributed by atoms with E-state index in [1.807, 2.05) is 6.08 Å². The van der Waals surface area contributed by atoms with E-state index in [9.17, 15) is 0 Å². The molecule has 0 saturated heterocycles. The van der Waals surface area contributed by atoms with Crippen molar-refractivity contribution in [2.24, 2.45) is 0 Å². The molecule has 0 radical (unpaired) electrons. The molecule has 1 aromatic carbocycles. The second kappa shape index (κ2) is 8.23. The number of allylic oxidation sites excluding steroid dienone is 1. The molecule has 20 heavy (non-hydrogen) atoms. The van der Waals surface area contributed by atoms with Crippen LogP contribution >= 0.6 is 0 Å². The van der Waals surface area contributed by atoms with Crippen LogP contribution in [0.3, 0.4) is 0 Å². The van der Waals surface area contributed by atoms with Crippen molar-refractivity contribution in [2.45, 2.75) is 50.7 Å². The van der Waals surface area contributed by atoms with Gasteiger partial charge in [-0.2, -0.15) is 0 Å². The normalized spacial score (nSPS) is 19.4. The molecule has 1 N–H and O–H groups in total. The Hall–Kier alpha value is -1.12. The zero-order valence-electron chi connectivity index (χ0n) is 12.6. The third-order valence-corrected chi connectivity index (χ3v) is 4.19. The summed E-state index contributed by atoms with van der Waals surface area (Å²) in [6.07, 6.45) is 9.35. The summed E-state index contributed by atoms with van der Waals surface area (Å²) in [5.74, 6) is 0. The molecule has 0 spiro atoms. The van der Waals surface area contributed by atoms with Gasteiger partial charge in [0, 0.05) is 6.04 Å². The number of unbranched alkanes of at least 4 members (excludes halogenated alkanes) is 3. The van der Waals surface area contributed by atoms with Gasteiger partial charge in [-0.25, -0.2) is 0 Å². The summed E-state index contributed by atoms with van der Waals surface area (Å²) < 4.78 is 6.06. The Bertz CT molecular complexity index is 416. The highest BCUT2D eigenvalue weighted by atomic mass is 16.5. The SMILES string of the molecule is C=CCCCCCC(NC)C1OCCc2ccccc21. The number of fused-ring (bicyclic) bond motifs is 1. The van der Waals surface area contributed by atoms with Crippen LogP contribution in [0.5, 0.6) is 0 Å². The van der Waals surface area contributed by atoms with E-state index in [2.05, 4.69) is 43.2 Å². The van der Waals surface area contributed by atoms with E-state index in [0.717, 1.165) is 19.4 Å². The fraction of sp³-hybridized carbons (Fsp3) is 0.556. The molecule has 110 valence electrons. The summed E-state index contributed by atoms with van der Waals surface area (Å²) in [5.41, 5.74) is 2.83. The number of hydrogen-bond acceptors (Lipinski definition) is 2. The monoisotopic (exact) mass is 273 g/mol. The highest BCUT2D eigenvalue weighted by molar-refractivity contribution is 5.31. The maximum atomic E-state index is 6.06. The van der Waals surface area contributed by atoms with E-state index in [-0.39, 0.29) is 6.10 Å². The summed E-state index contributed by atoms with van der Waals surface area (Å²) in [6, 6.07) is 9.13. The molecule has 2 atom stereocenters. The van der Waals surface area contributed by atoms with Gasteiger partial charge in [0.1, 0.15) is 0 Å². The van der Waals surface area contributed by atoms with E-state index in [0.29, 0.717) is 6.04 Å². The summed E-state index contributed by atoms with van der Waals surface area (Å²) in [7, 11) is 2.05. The maximum Gasteiger partial charge on any atom is 0.0980 e. The van der Waals surface area contributed by atoms with Crippen LogP contribution in [-0.4, -0.2) is 19.7 Å². The molecule has 2 unspecified atom stereocenters. The number of likely N-dealkylation sites (N-methyl/N-ethyl adjacent to an activating group) is 1. The minimum Gasteiger partial charge on any atom is -0.372 e. The molecule has 2 heteroatoms. The average Bonchev–Trinajstić information content (AvgIpc) is 2.51. The third-order valence-electron chi connectivity index (χ3n) is 4.19. The molecule has 2 rings (SSSR count). The first-order valence-electron chi connectivity index (χ1n) is 7.84. The minimum atomic E-state index is 0.212. The molecule has 0 aliphatic carbocycles. The van der Waals surface area contributed by atoms with E-state index in [4.69, 9.17) is 4.74 Å². The lowest BCUT2D eigenvalue weighted by Gasteiger charge is -2.32. The van der Waals surface area contributed by atoms with Crippen LogP contribution in [-0.2, 0) is 11.2 Å². The van der Waals surface area contributed by atoms with Crippen LogP contribution in [0, 0.1) is 0 Å². The molecule has 2 nitrogen and oxygen atoms in total. The molecule has 0 amide bonds. The van der Waals surface area contributed by atoms with Gasteiger partial charge < -0.3 is 10.1 Å². The summed E-state index contributed by atoms with van der Waals surface area (Å²) >= 11 is 0. The number of rotatable bonds is 8. The Morgan fingerprint density at radius 2 is 2.20 bits per heavy atom. The lowest BCUT2D eigenvalue weighted by molar-refractivity contribution is 0.0145. The van der Waals surface area contributed by atoms with Gasteiger partial charge in [0.25, 0.3) is 0 Å². The standard InChI is InChI=1S/C18H27NO/c1-3-4-5-6-7-12-17(19-2)18-16-11-9-8-10-15(16)13-14-20-18/h3,8-11,17-19H,1,4-7,12-14H2,2H3. The average molecular weight is 273 g/mol. The summed E-state index contributed by atoms with van der Waals surface area (Å²) in [4.78, 5) is 0. The highest BCUT2D eigenvalue weighted by Crippen LogP contribution is 2.31. The molecule has 1 aliphatic heterocycles. The molecule has 0 bridgehead atoms. The lowest BCUT2D eigenvalue weighted by atomic mass is 9.91. The van der Waals surface area contributed by atoms with E-state index in [1.54, 1.807) is 0 Å². The molecule has 1 aromatic rings. The van der Waals surface area contributed by atoms with Crippen LogP contribution in [0.1, 0.15) is 49.3 Å². The second-order valence-electron chi connectivity index (χ2n) is 5.56. The fourth-order valence-corrected chi connectivity index (χ4v) is 3.03. The highest BCUT2D eigenvalue weighted by Gasteiger charge is 2.27. The van der Waals surface area contributed by atoms with Gasteiger partial charge in [0.15, 0.2) is 0 Å². The predicted octanol–water partition coefficient (Wildman–Crippen LogP) is 4.02. The molecular weight excluding hydrogens is 246 g/mol. The number of hydrogen-bond donors (Lipinski definition) is 1. The van der Waals surface area contributed by atoms with Crippen molar-refractivity contribution < 1.29 is 4.74 Å². The van der Waals surface area contributed by atoms with Gasteiger partial charge in [-0.3, -0.25) is 0 Å². The first-order chi connectivity index (χ1) is 9.86. The van der Waals surface area contributed by atoms with Crippen LogP contribution in [0.4, 0.5) is 0 Å². The molecular formula is C18H27NO. The van der Waals surface area contributed by atoms with Gasteiger partial charge in [0.2, 0.25) is 0 Å². The van der Waals surface area contributed by atoms with Crippen molar-refractivity contribution in [3.63, 3.8) is 0 Å². The van der Waals surface area contributed by atoms with E-state index < -0.39 is 0 Å². The Kier molecular flexibility index (Phi) is 6.28. The van der Waals surface area contributed by atoms with Crippen molar-refractivity contribution in [2.75, 3.05) is 13.7 Å². The minimum absolute atomic E-state index is 0.212. The van der Waals surface area contributed by atoms with Gasteiger partial charge in [-0.05, 0) is 43.9 Å². The number of ether oxygens (including phenoxy) is 1. The van der Waals surface area contributed by atoms with Gasteiger partial charge in [-0.15, -0.1) is 6.58 Å². The van der Waals surface area contributed by atoms with Crippen LogP contribution in [0.2, 0.25) is 0 Å². The molecule has 1 aliphatic rings. The fourth-order valence-electron chi connectivity index (χ4n) is 3.03. The molecule has 0 saturated carbocycles. The van der Waals surface area contributed by atoms with Crippen molar-refractivity contribution in [3.8, 4) is 0 Å². The summed E-state index contributed by atoms with van der Waals surface area (Å²) in [6.45, 7) is 4.62. The topological polar surface area (TPSA) is 21.3 Å². The van der Waals surface area contributed by atoms with E-state index in [1.165, 1.54) is 36.8 Å². The Morgan fingerprint density at radius 3 is 3.00 bits per heavy atom. The molecule has 0 aromatic heterocycles. The Balaban J connectivity index is 1.93. The zero-order chi connectivity index (χ0) is 14.2. The maximum absolute atomic E-state index is 6.06. The first-order valence-corrected chi connectivity index (χ1v) is 7.84. The quantitative estimate of drug-likeness (QED) is 0.570. The largest absolute Gasteiger partial charge is 0.372 e. The lowest BCUT2D eigenvalue weighted by Crippen LogP contribution is -2.36. The van der Waals surface area contributed by atoms with Gasteiger partial charge >= 0.3 is 0 Å². The number of nitrogens with one attached hydrogen (secondary N) is 1. The smallest absolute Gasteiger partial charge is 0.0980 e. The van der Waals surface area contributed by atoms with Crippen molar-refractivity contribution in [1.29, 1.82) is 0 Å². The predicted molar refractivity (Wildman–Crippen MR) is 85.0 cm³/mol.